The van der Waals surface area contributed by atoms with E-state index in [0.29, 0.717) is 6.04 Å². The van der Waals surface area contributed by atoms with Crippen molar-refractivity contribution < 1.29 is 4.74 Å². The van der Waals surface area contributed by atoms with Crippen LogP contribution in [-0.2, 0) is 0 Å². The number of hydrogen-bond acceptors (Lipinski definition) is 3. The van der Waals surface area contributed by atoms with E-state index in [0.717, 1.165) is 25.3 Å². The van der Waals surface area contributed by atoms with Crippen molar-refractivity contribution in [1.82, 2.24) is 0 Å². The van der Waals surface area contributed by atoms with Crippen molar-refractivity contribution in [3.63, 3.8) is 0 Å². The van der Waals surface area contributed by atoms with Crippen LogP contribution in [0, 0.1) is 6.92 Å². The molecule has 1 aromatic carbocycles. The number of nitrogens with two attached hydrogens (primary N) is 1. The van der Waals surface area contributed by atoms with Crippen LogP contribution in [0.4, 0.5) is 5.69 Å². The molecule has 18 heavy (non-hydrogen) atoms. The number of benzene rings is 1. The van der Waals surface area contributed by atoms with Gasteiger partial charge in [0.25, 0.3) is 0 Å². The lowest BCUT2D eigenvalue weighted by Crippen LogP contribution is -2.42. The zero-order valence-corrected chi connectivity index (χ0v) is 11.6. The van der Waals surface area contributed by atoms with E-state index in [9.17, 15) is 0 Å². The van der Waals surface area contributed by atoms with Crippen molar-refractivity contribution in [2.24, 2.45) is 5.73 Å². The molecule has 0 amide bonds. The van der Waals surface area contributed by atoms with Crippen LogP contribution in [-0.4, -0.2) is 25.2 Å². The molecule has 1 unspecified atom stereocenters. The Morgan fingerprint density at radius 2 is 2.17 bits per heavy atom. The lowest BCUT2D eigenvalue weighted by atomic mass is 10.1. The molecule has 2 N–H and O–H groups in total. The second-order valence-electron chi connectivity index (χ2n) is 5.46. The Hall–Kier alpha value is -1.22. The third-order valence-electron chi connectivity index (χ3n) is 3.34. The number of rotatable bonds is 3. The van der Waals surface area contributed by atoms with Crippen LogP contribution in [0.25, 0.3) is 0 Å². The summed E-state index contributed by atoms with van der Waals surface area (Å²) in [4.78, 5) is 2.38. The van der Waals surface area contributed by atoms with Gasteiger partial charge in [0.05, 0.1) is 6.10 Å². The molecular weight excluding hydrogens is 224 g/mol. The van der Waals surface area contributed by atoms with E-state index in [4.69, 9.17) is 10.5 Å². The van der Waals surface area contributed by atoms with Gasteiger partial charge in [0, 0.05) is 24.8 Å². The molecule has 0 aromatic heterocycles. The molecule has 1 aromatic rings. The van der Waals surface area contributed by atoms with Gasteiger partial charge in [-0.25, -0.2) is 0 Å². The average molecular weight is 248 g/mol. The molecule has 1 aliphatic rings. The van der Waals surface area contributed by atoms with Crippen molar-refractivity contribution in [3.05, 3.63) is 23.8 Å². The number of aryl methyl sites for hydroxylation is 1. The Bertz CT molecular complexity index is 403. The van der Waals surface area contributed by atoms with Gasteiger partial charge in [-0.3, -0.25) is 0 Å². The smallest absolute Gasteiger partial charge is 0.122 e. The standard InChI is InChI=1S/C15H24N2O/c1-11(2)18-15-7-6-14(9-12(15)3)17-8-4-5-13(16)10-17/h6-7,9,11,13H,4-5,8,10,16H2,1-3H3. The normalized spacial score (nSPS) is 20.3. The summed E-state index contributed by atoms with van der Waals surface area (Å²) in [6.45, 7) is 8.28. The molecule has 100 valence electrons. The number of nitrogens with zero attached hydrogens (tertiary/aromatic N) is 1. The molecule has 1 saturated heterocycles. The van der Waals surface area contributed by atoms with E-state index >= 15 is 0 Å². The maximum Gasteiger partial charge on any atom is 0.122 e. The van der Waals surface area contributed by atoms with Crippen molar-refractivity contribution >= 4 is 5.69 Å². The Morgan fingerprint density at radius 1 is 1.39 bits per heavy atom. The highest BCUT2D eigenvalue weighted by molar-refractivity contribution is 5.53. The van der Waals surface area contributed by atoms with Gasteiger partial charge in [-0.05, 0) is 57.4 Å². The summed E-state index contributed by atoms with van der Waals surface area (Å²) < 4.78 is 5.77. The lowest BCUT2D eigenvalue weighted by molar-refractivity contribution is 0.241. The van der Waals surface area contributed by atoms with Crippen LogP contribution in [0.1, 0.15) is 32.3 Å². The fourth-order valence-electron chi connectivity index (χ4n) is 2.46. The van der Waals surface area contributed by atoms with E-state index in [2.05, 4.69) is 43.9 Å². The molecule has 0 aliphatic carbocycles. The highest BCUT2D eigenvalue weighted by atomic mass is 16.5. The Morgan fingerprint density at radius 3 is 2.78 bits per heavy atom. The fourth-order valence-corrected chi connectivity index (χ4v) is 2.46. The van der Waals surface area contributed by atoms with Gasteiger partial charge in [0.15, 0.2) is 0 Å². The van der Waals surface area contributed by atoms with Gasteiger partial charge in [-0.2, -0.15) is 0 Å². The molecule has 2 rings (SSSR count). The zero-order valence-electron chi connectivity index (χ0n) is 11.6. The zero-order chi connectivity index (χ0) is 13.1. The number of piperidine rings is 1. The molecule has 3 heteroatoms. The van der Waals surface area contributed by atoms with Crippen LogP contribution < -0.4 is 15.4 Å². The molecule has 3 nitrogen and oxygen atoms in total. The minimum Gasteiger partial charge on any atom is -0.491 e. The van der Waals surface area contributed by atoms with E-state index in [1.165, 1.54) is 17.7 Å². The summed E-state index contributed by atoms with van der Waals surface area (Å²) in [6.07, 6.45) is 2.55. The Labute approximate surface area is 110 Å². The van der Waals surface area contributed by atoms with Crippen LogP contribution in [0.2, 0.25) is 0 Å². The molecule has 1 fully saturated rings. The van der Waals surface area contributed by atoms with Gasteiger partial charge < -0.3 is 15.4 Å². The van der Waals surface area contributed by atoms with Gasteiger partial charge in [0.2, 0.25) is 0 Å². The van der Waals surface area contributed by atoms with Crippen molar-refractivity contribution in [2.75, 3.05) is 18.0 Å². The first-order valence-electron chi connectivity index (χ1n) is 6.84. The summed E-state index contributed by atoms with van der Waals surface area (Å²) in [5.74, 6) is 0.982. The van der Waals surface area contributed by atoms with E-state index in [1.54, 1.807) is 0 Å². The summed E-state index contributed by atoms with van der Waals surface area (Å²) in [6, 6.07) is 6.73. The molecule has 1 aliphatic heterocycles. The molecule has 1 atom stereocenters. The van der Waals surface area contributed by atoms with Crippen molar-refractivity contribution in [3.8, 4) is 5.75 Å². The molecule has 0 saturated carbocycles. The maximum absolute atomic E-state index is 6.03. The monoisotopic (exact) mass is 248 g/mol. The van der Waals surface area contributed by atoms with Gasteiger partial charge in [-0.1, -0.05) is 0 Å². The molecular formula is C15H24N2O. The first kappa shape index (κ1) is 13.2. The number of anilines is 1. The van der Waals surface area contributed by atoms with Gasteiger partial charge in [-0.15, -0.1) is 0 Å². The molecule has 0 radical (unpaired) electrons. The first-order chi connectivity index (χ1) is 8.56. The fraction of sp³-hybridized carbons (Fsp3) is 0.600. The van der Waals surface area contributed by atoms with Crippen LogP contribution in [0.15, 0.2) is 18.2 Å². The highest BCUT2D eigenvalue weighted by Gasteiger charge is 2.17. The summed E-state index contributed by atoms with van der Waals surface area (Å²) >= 11 is 0. The summed E-state index contributed by atoms with van der Waals surface area (Å²) in [5, 5.41) is 0. The van der Waals surface area contributed by atoms with Crippen LogP contribution >= 0.6 is 0 Å². The quantitative estimate of drug-likeness (QED) is 0.894. The van der Waals surface area contributed by atoms with E-state index < -0.39 is 0 Å². The average Bonchev–Trinajstić information content (AvgIpc) is 2.31. The largest absolute Gasteiger partial charge is 0.491 e. The number of hydrogen-bond donors (Lipinski definition) is 1. The third kappa shape index (κ3) is 3.16. The minimum atomic E-state index is 0.220. The molecule has 0 spiro atoms. The predicted molar refractivity (Wildman–Crippen MR) is 76.4 cm³/mol. The highest BCUT2D eigenvalue weighted by Crippen LogP contribution is 2.27. The van der Waals surface area contributed by atoms with E-state index in [-0.39, 0.29) is 6.10 Å². The minimum absolute atomic E-state index is 0.220. The van der Waals surface area contributed by atoms with E-state index in [1.807, 2.05) is 0 Å². The second-order valence-corrected chi connectivity index (χ2v) is 5.46. The summed E-state index contributed by atoms with van der Waals surface area (Å²) in [7, 11) is 0. The predicted octanol–water partition coefficient (Wildman–Crippen LogP) is 2.71. The van der Waals surface area contributed by atoms with Gasteiger partial charge >= 0.3 is 0 Å². The molecule has 1 heterocycles. The van der Waals surface area contributed by atoms with Crippen molar-refractivity contribution in [1.29, 1.82) is 0 Å². The van der Waals surface area contributed by atoms with Crippen molar-refractivity contribution in [2.45, 2.75) is 45.8 Å². The number of ether oxygens (including phenoxy) is 1. The summed E-state index contributed by atoms with van der Waals surface area (Å²) in [5.41, 5.74) is 8.49. The second kappa shape index (κ2) is 5.61. The van der Waals surface area contributed by atoms with Crippen LogP contribution in [0.3, 0.4) is 0 Å². The third-order valence-corrected chi connectivity index (χ3v) is 3.34. The van der Waals surface area contributed by atoms with Gasteiger partial charge in [0.1, 0.15) is 5.75 Å². The van der Waals surface area contributed by atoms with Crippen LogP contribution in [0.5, 0.6) is 5.75 Å². The lowest BCUT2D eigenvalue weighted by Gasteiger charge is -2.33. The Kier molecular flexibility index (Phi) is 4.12. The topological polar surface area (TPSA) is 38.5 Å². The first-order valence-corrected chi connectivity index (χ1v) is 6.84. The SMILES string of the molecule is Cc1cc(N2CCCC(N)C2)ccc1OC(C)C. The maximum atomic E-state index is 6.03. The molecule has 0 bridgehead atoms. The Balaban J connectivity index is 2.12.